The Morgan fingerprint density at radius 1 is 1.28 bits per heavy atom. The number of aromatic nitrogens is 2. The maximum atomic E-state index is 13.0. The number of carbonyl (C=O) groups is 1. The highest BCUT2D eigenvalue weighted by Gasteiger charge is 2.27. The van der Waals surface area contributed by atoms with Gasteiger partial charge in [0.05, 0.1) is 26.0 Å². The lowest BCUT2D eigenvalue weighted by Crippen LogP contribution is -2.42. The number of benzene rings is 1. The van der Waals surface area contributed by atoms with Gasteiger partial charge >= 0.3 is 0 Å². The van der Waals surface area contributed by atoms with Crippen molar-refractivity contribution in [2.24, 2.45) is 7.05 Å². The molecule has 2 unspecified atom stereocenters. The van der Waals surface area contributed by atoms with E-state index in [1.54, 1.807) is 10.9 Å². The molecule has 2 saturated heterocycles. The third-order valence-electron chi connectivity index (χ3n) is 4.98. The van der Waals surface area contributed by atoms with Crippen molar-refractivity contribution in [2.75, 3.05) is 32.9 Å². The first kappa shape index (κ1) is 16.3. The van der Waals surface area contributed by atoms with Crippen LogP contribution in [0.25, 0.3) is 0 Å². The summed E-state index contributed by atoms with van der Waals surface area (Å²) in [6, 6.07) is 7.99. The van der Waals surface area contributed by atoms with Crippen molar-refractivity contribution in [2.45, 2.75) is 18.4 Å². The molecule has 0 bridgehead atoms. The van der Waals surface area contributed by atoms with Crippen molar-refractivity contribution in [3.63, 3.8) is 0 Å². The van der Waals surface area contributed by atoms with Gasteiger partial charge in [-0.25, -0.2) is 0 Å². The summed E-state index contributed by atoms with van der Waals surface area (Å²) in [5.41, 5.74) is 2.95. The van der Waals surface area contributed by atoms with E-state index in [0.29, 0.717) is 25.6 Å². The highest BCUT2D eigenvalue weighted by molar-refractivity contribution is 5.94. The Morgan fingerprint density at radius 3 is 2.96 bits per heavy atom. The van der Waals surface area contributed by atoms with E-state index in [-0.39, 0.29) is 12.0 Å². The number of hydrogen-bond donors (Lipinski definition) is 0. The van der Waals surface area contributed by atoms with Crippen LogP contribution in [0.2, 0.25) is 0 Å². The molecule has 0 saturated carbocycles. The van der Waals surface area contributed by atoms with E-state index in [1.807, 2.05) is 36.3 Å². The van der Waals surface area contributed by atoms with Crippen LogP contribution < -0.4 is 0 Å². The molecule has 2 aliphatic rings. The summed E-state index contributed by atoms with van der Waals surface area (Å²) in [4.78, 5) is 14.8. The number of nitrogens with zero attached hydrogens (tertiary/aromatic N) is 3. The van der Waals surface area contributed by atoms with Crippen LogP contribution in [0.15, 0.2) is 36.7 Å². The minimum absolute atomic E-state index is 0.0676. The lowest BCUT2D eigenvalue weighted by Gasteiger charge is -2.32. The normalized spacial score (nSPS) is 23.8. The number of aryl methyl sites for hydroxylation is 1. The fraction of sp³-hybridized carbons (Fsp3) is 0.474. The first-order chi connectivity index (χ1) is 12.2. The molecule has 0 N–H and O–H groups in total. The second kappa shape index (κ2) is 6.98. The van der Waals surface area contributed by atoms with Crippen molar-refractivity contribution in [1.29, 1.82) is 0 Å². The number of hydrogen-bond acceptors (Lipinski definition) is 4. The third kappa shape index (κ3) is 3.45. The fourth-order valence-electron chi connectivity index (χ4n) is 3.55. The molecular weight excluding hydrogens is 318 g/mol. The van der Waals surface area contributed by atoms with Gasteiger partial charge in [-0.2, -0.15) is 5.10 Å². The zero-order valence-corrected chi connectivity index (χ0v) is 14.4. The second-order valence-electron chi connectivity index (χ2n) is 6.74. The highest BCUT2D eigenvalue weighted by atomic mass is 16.5. The molecule has 1 aromatic carbocycles. The van der Waals surface area contributed by atoms with Crippen molar-refractivity contribution in [1.82, 2.24) is 14.7 Å². The third-order valence-corrected chi connectivity index (χ3v) is 4.98. The first-order valence-electron chi connectivity index (χ1n) is 8.78. The topological polar surface area (TPSA) is 56.6 Å². The zero-order valence-electron chi connectivity index (χ0n) is 14.4. The molecule has 1 aromatic heterocycles. The van der Waals surface area contributed by atoms with Gasteiger partial charge < -0.3 is 14.4 Å². The minimum atomic E-state index is -0.113. The van der Waals surface area contributed by atoms with E-state index in [2.05, 4.69) is 11.2 Å². The van der Waals surface area contributed by atoms with Crippen molar-refractivity contribution >= 4 is 5.91 Å². The van der Waals surface area contributed by atoms with Crippen LogP contribution in [0.4, 0.5) is 0 Å². The smallest absolute Gasteiger partial charge is 0.254 e. The van der Waals surface area contributed by atoms with E-state index >= 15 is 0 Å². The molecular formula is C19H23N3O3. The van der Waals surface area contributed by atoms with Gasteiger partial charge in [-0.15, -0.1) is 0 Å². The van der Waals surface area contributed by atoms with Crippen molar-refractivity contribution < 1.29 is 14.3 Å². The van der Waals surface area contributed by atoms with Gasteiger partial charge in [0.15, 0.2) is 0 Å². The van der Waals surface area contributed by atoms with Gasteiger partial charge in [0, 0.05) is 43.4 Å². The van der Waals surface area contributed by atoms with Crippen LogP contribution in [0, 0.1) is 0 Å². The molecule has 0 spiro atoms. The lowest BCUT2D eigenvalue weighted by molar-refractivity contribution is -0.0228. The van der Waals surface area contributed by atoms with Gasteiger partial charge in [-0.05, 0) is 24.1 Å². The van der Waals surface area contributed by atoms with Gasteiger partial charge in [-0.1, -0.05) is 12.1 Å². The van der Waals surface area contributed by atoms with E-state index in [4.69, 9.17) is 9.47 Å². The van der Waals surface area contributed by atoms with Crippen LogP contribution in [0.3, 0.4) is 0 Å². The molecule has 6 heteroatoms. The molecule has 1 amide bonds. The highest BCUT2D eigenvalue weighted by Crippen LogP contribution is 2.27. The number of morpholine rings is 1. The van der Waals surface area contributed by atoms with E-state index in [0.717, 1.165) is 30.8 Å². The summed E-state index contributed by atoms with van der Waals surface area (Å²) in [5.74, 6) is 0.471. The Kier molecular flexibility index (Phi) is 4.55. The van der Waals surface area contributed by atoms with Crippen molar-refractivity contribution in [3.8, 4) is 0 Å². The molecule has 6 nitrogen and oxygen atoms in total. The Balaban J connectivity index is 1.49. The Morgan fingerprint density at radius 2 is 2.20 bits per heavy atom. The SMILES string of the molecule is Cn1cc(C2CN(C(=O)c3cccc(C4CCOC4)c3)CCO2)cn1. The van der Waals surface area contributed by atoms with Gasteiger partial charge in [0.1, 0.15) is 6.10 Å². The van der Waals surface area contributed by atoms with Crippen LogP contribution in [0.1, 0.15) is 39.9 Å². The molecule has 132 valence electrons. The average molecular weight is 341 g/mol. The predicted octanol–water partition coefficient (Wildman–Crippen LogP) is 2.14. The van der Waals surface area contributed by atoms with Gasteiger partial charge in [0.2, 0.25) is 0 Å². The molecule has 3 heterocycles. The Bertz CT molecular complexity index is 752. The minimum Gasteiger partial charge on any atom is -0.381 e. The predicted molar refractivity (Wildman–Crippen MR) is 92.4 cm³/mol. The molecule has 2 aliphatic heterocycles. The average Bonchev–Trinajstić information content (AvgIpc) is 3.33. The summed E-state index contributed by atoms with van der Waals surface area (Å²) >= 11 is 0. The zero-order chi connectivity index (χ0) is 17.2. The molecule has 2 fully saturated rings. The summed E-state index contributed by atoms with van der Waals surface area (Å²) in [6.45, 7) is 3.27. The number of carbonyl (C=O) groups excluding carboxylic acids is 1. The Labute approximate surface area is 147 Å². The van der Waals surface area contributed by atoms with Crippen LogP contribution >= 0.6 is 0 Å². The van der Waals surface area contributed by atoms with E-state index in [1.165, 1.54) is 5.56 Å². The summed E-state index contributed by atoms with van der Waals surface area (Å²) in [6.07, 6.45) is 4.66. The molecule has 0 radical (unpaired) electrons. The second-order valence-corrected chi connectivity index (χ2v) is 6.74. The summed E-state index contributed by atoms with van der Waals surface area (Å²) in [7, 11) is 1.88. The maximum absolute atomic E-state index is 13.0. The number of rotatable bonds is 3. The number of amides is 1. The van der Waals surface area contributed by atoms with Crippen LogP contribution in [-0.2, 0) is 16.5 Å². The largest absolute Gasteiger partial charge is 0.381 e. The molecule has 4 rings (SSSR count). The monoisotopic (exact) mass is 341 g/mol. The van der Waals surface area contributed by atoms with Crippen molar-refractivity contribution in [3.05, 3.63) is 53.3 Å². The lowest BCUT2D eigenvalue weighted by atomic mass is 9.96. The van der Waals surface area contributed by atoms with E-state index < -0.39 is 0 Å². The molecule has 2 aromatic rings. The quantitative estimate of drug-likeness (QED) is 0.858. The first-order valence-corrected chi connectivity index (χ1v) is 8.78. The fourth-order valence-corrected chi connectivity index (χ4v) is 3.55. The maximum Gasteiger partial charge on any atom is 0.254 e. The summed E-state index contributed by atoms with van der Waals surface area (Å²) in [5, 5.41) is 4.20. The molecule has 0 aliphatic carbocycles. The standard InChI is InChI=1S/C19H23N3O3/c1-21-11-17(10-20-21)18-12-22(6-8-25-18)19(23)15-4-2-3-14(9-15)16-5-7-24-13-16/h2-4,9-11,16,18H,5-8,12-13H2,1H3. The van der Waals surface area contributed by atoms with Gasteiger partial charge in [0.25, 0.3) is 5.91 Å². The van der Waals surface area contributed by atoms with E-state index in [9.17, 15) is 4.79 Å². The van der Waals surface area contributed by atoms with Gasteiger partial charge in [-0.3, -0.25) is 9.48 Å². The molecule has 2 atom stereocenters. The summed E-state index contributed by atoms with van der Waals surface area (Å²) < 4.78 is 13.1. The van der Waals surface area contributed by atoms with Crippen LogP contribution in [0.5, 0.6) is 0 Å². The van der Waals surface area contributed by atoms with Crippen LogP contribution in [-0.4, -0.2) is 53.5 Å². The molecule has 25 heavy (non-hydrogen) atoms. The number of ether oxygens (including phenoxy) is 2. The Hall–Kier alpha value is -2.18.